The van der Waals surface area contributed by atoms with Crippen molar-refractivity contribution in [1.82, 2.24) is 0 Å². The second-order valence-corrected chi connectivity index (χ2v) is 8.60. The number of benzene rings is 3. The molecule has 0 aliphatic rings. The molecular weight excluding hydrogens is 516 g/mol. The molecule has 5 aromatic rings. The zero-order chi connectivity index (χ0) is 24.5. The summed E-state index contributed by atoms with van der Waals surface area (Å²) in [4.78, 5) is 37.6. The number of rotatable bonds is 6. The number of ether oxygens (including phenoxy) is 2. The van der Waals surface area contributed by atoms with E-state index < -0.39 is 11.3 Å². The summed E-state index contributed by atoms with van der Waals surface area (Å²) in [5, 5.41) is 1.16. The van der Waals surface area contributed by atoms with Crippen molar-refractivity contribution >= 4 is 43.7 Å². The van der Waals surface area contributed by atoms with Crippen LogP contribution in [0.25, 0.3) is 33.1 Å². The van der Waals surface area contributed by atoms with Crippen LogP contribution < -0.4 is 20.7 Å². The molecule has 0 saturated heterocycles. The lowest BCUT2D eigenvalue weighted by atomic mass is 10.0. The highest BCUT2D eigenvalue weighted by atomic mass is 79.9. The number of carbonyl (C=O) groups is 1. The van der Waals surface area contributed by atoms with Crippen LogP contribution >= 0.6 is 15.9 Å². The summed E-state index contributed by atoms with van der Waals surface area (Å²) in [5.74, 6) is 0.582. The smallest absolute Gasteiger partial charge is 0.344 e. The van der Waals surface area contributed by atoms with Crippen molar-refractivity contribution in [3.8, 4) is 22.6 Å². The summed E-state index contributed by atoms with van der Waals surface area (Å²) in [7, 11) is 1.49. The first-order valence-electron chi connectivity index (χ1n) is 10.5. The molecule has 174 valence electrons. The first-order chi connectivity index (χ1) is 16.9. The Kier molecular flexibility index (Phi) is 5.96. The van der Waals surface area contributed by atoms with E-state index >= 15 is 0 Å². The van der Waals surface area contributed by atoms with Crippen LogP contribution in [0.3, 0.4) is 0 Å². The summed E-state index contributed by atoms with van der Waals surface area (Å²) in [6.45, 7) is -0.187. The summed E-state index contributed by atoms with van der Waals surface area (Å²) in [6, 6.07) is 19.9. The monoisotopic (exact) mass is 532 g/mol. The maximum absolute atomic E-state index is 12.8. The predicted octanol–water partition coefficient (Wildman–Crippen LogP) is 5.60. The fourth-order valence-corrected chi connectivity index (χ4v) is 4.05. The minimum Gasteiger partial charge on any atom is -0.493 e. The van der Waals surface area contributed by atoms with Crippen LogP contribution in [-0.4, -0.2) is 19.5 Å². The average molecular weight is 533 g/mol. The molecule has 7 nitrogen and oxygen atoms in total. The Hall–Kier alpha value is -4.17. The number of methoxy groups -OCH3 is 1. The molecule has 0 bridgehead atoms. The van der Waals surface area contributed by atoms with Gasteiger partial charge in [0.1, 0.15) is 11.3 Å². The van der Waals surface area contributed by atoms with Crippen molar-refractivity contribution in [3.63, 3.8) is 0 Å². The molecule has 0 aliphatic heterocycles. The van der Waals surface area contributed by atoms with E-state index in [1.807, 2.05) is 0 Å². The van der Waals surface area contributed by atoms with Crippen LogP contribution in [0.4, 0.5) is 0 Å². The van der Waals surface area contributed by atoms with Gasteiger partial charge < -0.3 is 18.3 Å². The van der Waals surface area contributed by atoms with Gasteiger partial charge in [-0.2, -0.15) is 0 Å². The van der Waals surface area contributed by atoms with Gasteiger partial charge in [0.05, 0.1) is 12.7 Å². The fourth-order valence-electron chi connectivity index (χ4n) is 3.79. The summed E-state index contributed by atoms with van der Waals surface area (Å²) < 4.78 is 22.6. The molecule has 0 N–H and O–H groups in total. The Morgan fingerprint density at radius 2 is 1.71 bits per heavy atom. The third-order valence-electron chi connectivity index (χ3n) is 5.49. The van der Waals surface area contributed by atoms with E-state index in [4.69, 9.17) is 18.3 Å². The Morgan fingerprint density at radius 1 is 0.914 bits per heavy atom. The third-order valence-corrected chi connectivity index (χ3v) is 6.01. The second kappa shape index (κ2) is 9.23. The van der Waals surface area contributed by atoms with Gasteiger partial charge in [0.15, 0.2) is 23.7 Å². The Morgan fingerprint density at radius 3 is 2.49 bits per heavy atom. The highest BCUT2D eigenvalue weighted by molar-refractivity contribution is 9.10. The quantitative estimate of drug-likeness (QED) is 0.207. The molecule has 0 unspecified atom stereocenters. The van der Waals surface area contributed by atoms with E-state index in [0.717, 1.165) is 4.47 Å². The van der Waals surface area contributed by atoms with Gasteiger partial charge in [-0.15, -0.1) is 0 Å². The first-order valence-corrected chi connectivity index (χ1v) is 11.3. The topological polar surface area (TPSA) is 96.0 Å². The van der Waals surface area contributed by atoms with Crippen LogP contribution in [0.5, 0.6) is 11.5 Å². The van der Waals surface area contributed by atoms with Crippen LogP contribution in [0.2, 0.25) is 0 Å². The normalized spacial score (nSPS) is 11.0. The third kappa shape index (κ3) is 4.48. The van der Waals surface area contributed by atoms with Crippen LogP contribution in [0, 0.1) is 0 Å². The van der Waals surface area contributed by atoms with Crippen LogP contribution in [-0.2, 0) is 0 Å². The minimum atomic E-state index is -0.638. The van der Waals surface area contributed by atoms with E-state index in [2.05, 4.69) is 15.9 Å². The number of ketones is 1. The molecule has 0 fully saturated rings. The predicted molar refractivity (Wildman–Crippen MR) is 134 cm³/mol. The van der Waals surface area contributed by atoms with E-state index in [0.29, 0.717) is 39.0 Å². The zero-order valence-electron chi connectivity index (χ0n) is 18.4. The van der Waals surface area contributed by atoms with Gasteiger partial charge in [-0.3, -0.25) is 4.79 Å². The molecule has 0 saturated carbocycles. The van der Waals surface area contributed by atoms with Crippen molar-refractivity contribution < 1.29 is 23.1 Å². The van der Waals surface area contributed by atoms with Gasteiger partial charge in [0, 0.05) is 38.5 Å². The first kappa shape index (κ1) is 22.6. The van der Waals surface area contributed by atoms with E-state index in [9.17, 15) is 14.4 Å². The van der Waals surface area contributed by atoms with Crippen molar-refractivity contribution in [3.05, 3.63) is 104 Å². The maximum Gasteiger partial charge on any atom is 0.344 e. The van der Waals surface area contributed by atoms with Gasteiger partial charge >= 0.3 is 11.3 Å². The maximum atomic E-state index is 12.8. The fraction of sp³-hybridized carbons (Fsp3) is 0.0741. The molecule has 0 radical (unpaired) electrons. The second-order valence-electron chi connectivity index (χ2n) is 7.68. The molecule has 0 atom stereocenters. The van der Waals surface area contributed by atoms with Gasteiger partial charge in [0.2, 0.25) is 0 Å². The highest BCUT2D eigenvalue weighted by Gasteiger charge is 2.16. The van der Waals surface area contributed by atoms with Crippen molar-refractivity contribution in [1.29, 1.82) is 0 Å². The number of carbonyl (C=O) groups excluding carboxylic acids is 1. The molecule has 2 aromatic heterocycles. The van der Waals surface area contributed by atoms with Crippen molar-refractivity contribution in [2.24, 2.45) is 0 Å². The number of fused-ring (bicyclic) bond motifs is 2. The number of Topliss-reactive ketones (excluding diaryl/α,β-unsaturated/α-hetero) is 1. The average Bonchev–Trinajstić information content (AvgIpc) is 2.86. The van der Waals surface area contributed by atoms with Crippen molar-refractivity contribution in [2.45, 2.75) is 0 Å². The highest BCUT2D eigenvalue weighted by Crippen LogP contribution is 2.31. The van der Waals surface area contributed by atoms with Gasteiger partial charge in [0.25, 0.3) is 0 Å². The van der Waals surface area contributed by atoms with E-state index in [-0.39, 0.29) is 23.5 Å². The molecule has 8 heteroatoms. The molecule has 5 rings (SSSR count). The lowest BCUT2D eigenvalue weighted by Crippen LogP contribution is -2.11. The largest absolute Gasteiger partial charge is 0.493 e. The number of hydrogen-bond donors (Lipinski definition) is 0. The molecule has 0 amide bonds. The lowest BCUT2D eigenvalue weighted by molar-refractivity contribution is 0.0921. The standard InChI is InChI=1S/C27H17BrO7/c1-32-23-4-2-3-16-11-21(27(31)35-26(16)23)20-13-25(30)34-24-12-18(9-10-19(20)24)33-14-22(29)15-5-7-17(28)8-6-15/h2-13H,14H2,1H3. The van der Waals surface area contributed by atoms with Gasteiger partial charge in [-0.25, -0.2) is 9.59 Å². The van der Waals surface area contributed by atoms with Crippen LogP contribution in [0.1, 0.15) is 10.4 Å². The van der Waals surface area contributed by atoms with Gasteiger partial charge in [-0.05, 0) is 36.4 Å². The number of hydrogen-bond acceptors (Lipinski definition) is 7. The Balaban J connectivity index is 1.51. The Labute approximate surface area is 206 Å². The Bertz CT molecular complexity index is 1700. The van der Waals surface area contributed by atoms with E-state index in [1.54, 1.807) is 60.7 Å². The zero-order valence-corrected chi connectivity index (χ0v) is 20.0. The molecule has 35 heavy (non-hydrogen) atoms. The van der Waals surface area contributed by atoms with E-state index in [1.165, 1.54) is 19.2 Å². The summed E-state index contributed by atoms with van der Waals surface area (Å²) in [6.07, 6.45) is 0. The molecule has 0 spiro atoms. The number of halogens is 1. The van der Waals surface area contributed by atoms with Crippen molar-refractivity contribution in [2.75, 3.05) is 13.7 Å². The molecule has 2 heterocycles. The van der Waals surface area contributed by atoms with Crippen LogP contribution in [0.15, 0.2) is 95.7 Å². The lowest BCUT2D eigenvalue weighted by Gasteiger charge is -2.09. The minimum absolute atomic E-state index is 0.187. The SMILES string of the molecule is COc1cccc2cc(-c3cc(=O)oc4cc(OCC(=O)c5ccc(Br)cc5)ccc34)c(=O)oc12. The number of para-hydroxylation sites is 1. The summed E-state index contributed by atoms with van der Waals surface area (Å²) in [5.41, 5.74) is 0.376. The summed E-state index contributed by atoms with van der Waals surface area (Å²) >= 11 is 3.33. The molecular formula is C27H17BrO7. The molecule has 0 aliphatic carbocycles. The van der Waals surface area contributed by atoms with Gasteiger partial charge in [-0.1, -0.05) is 40.2 Å². The molecule has 3 aromatic carbocycles.